The van der Waals surface area contributed by atoms with Gasteiger partial charge in [-0.2, -0.15) is 0 Å². The number of rotatable bonds is 7. The molecule has 6 heteroatoms. The van der Waals surface area contributed by atoms with E-state index in [1.807, 2.05) is 25.1 Å². The van der Waals surface area contributed by atoms with Gasteiger partial charge >= 0.3 is 0 Å². The standard InChI is InChI=1S/C22H32N2O4/c1-2-27-19-12-6-7-13-20(19)28-16-21(25)24-14-8-9-17(15-24)22(26)23-18-10-4-3-5-11-18/h6-7,12-13,17-18H,2-5,8-11,14-16H2,1H3,(H,23,26). The number of amides is 2. The zero-order valence-corrected chi connectivity index (χ0v) is 16.8. The largest absolute Gasteiger partial charge is 0.490 e. The third-order valence-corrected chi connectivity index (χ3v) is 5.60. The van der Waals surface area contributed by atoms with Crippen LogP contribution in [-0.4, -0.2) is 49.1 Å². The minimum Gasteiger partial charge on any atom is -0.490 e. The Labute approximate surface area is 167 Å². The summed E-state index contributed by atoms with van der Waals surface area (Å²) >= 11 is 0. The number of ether oxygens (including phenoxy) is 2. The summed E-state index contributed by atoms with van der Waals surface area (Å²) in [7, 11) is 0. The Hall–Kier alpha value is -2.24. The molecule has 0 bridgehead atoms. The van der Waals surface area contributed by atoms with Gasteiger partial charge in [0.05, 0.1) is 12.5 Å². The molecule has 1 aromatic rings. The van der Waals surface area contributed by atoms with Crippen LogP contribution in [0.4, 0.5) is 0 Å². The first-order valence-corrected chi connectivity index (χ1v) is 10.6. The molecule has 1 aliphatic carbocycles. The highest BCUT2D eigenvalue weighted by Crippen LogP contribution is 2.26. The highest BCUT2D eigenvalue weighted by atomic mass is 16.5. The van der Waals surface area contributed by atoms with Crippen molar-refractivity contribution in [2.75, 3.05) is 26.3 Å². The van der Waals surface area contributed by atoms with Gasteiger partial charge in [0.15, 0.2) is 18.1 Å². The zero-order chi connectivity index (χ0) is 19.8. The van der Waals surface area contributed by atoms with Crippen LogP contribution in [0.15, 0.2) is 24.3 Å². The first kappa shape index (κ1) is 20.5. The summed E-state index contributed by atoms with van der Waals surface area (Å²) in [6.45, 7) is 3.57. The maximum Gasteiger partial charge on any atom is 0.260 e. The topological polar surface area (TPSA) is 67.9 Å². The van der Waals surface area contributed by atoms with Crippen LogP contribution in [-0.2, 0) is 9.59 Å². The summed E-state index contributed by atoms with van der Waals surface area (Å²) < 4.78 is 11.2. The van der Waals surface area contributed by atoms with Crippen molar-refractivity contribution in [1.82, 2.24) is 10.2 Å². The van der Waals surface area contributed by atoms with Crippen molar-refractivity contribution in [1.29, 1.82) is 0 Å². The van der Waals surface area contributed by atoms with Gasteiger partial charge < -0.3 is 19.7 Å². The first-order chi connectivity index (χ1) is 13.7. The molecule has 1 aliphatic heterocycles. The second kappa shape index (κ2) is 10.3. The average Bonchev–Trinajstić information content (AvgIpc) is 2.74. The molecule has 2 fully saturated rings. The molecule has 1 saturated heterocycles. The van der Waals surface area contributed by atoms with E-state index < -0.39 is 0 Å². The van der Waals surface area contributed by atoms with Crippen molar-refractivity contribution in [2.45, 2.75) is 57.9 Å². The number of hydrogen-bond acceptors (Lipinski definition) is 4. The van der Waals surface area contributed by atoms with Crippen molar-refractivity contribution >= 4 is 11.8 Å². The summed E-state index contributed by atoms with van der Waals surface area (Å²) in [6.07, 6.45) is 7.51. The molecule has 0 radical (unpaired) electrons. The molecule has 2 aliphatic rings. The summed E-state index contributed by atoms with van der Waals surface area (Å²) in [6, 6.07) is 7.67. The van der Waals surface area contributed by atoms with Gasteiger partial charge in [0.1, 0.15) is 0 Å². The molecule has 154 valence electrons. The monoisotopic (exact) mass is 388 g/mol. The van der Waals surface area contributed by atoms with E-state index in [4.69, 9.17) is 9.47 Å². The number of carbonyl (C=O) groups excluding carboxylic acids is 2. The Balaban J connectivity index is 1.49. The number of hydrogen-bond donors (Lipinski definition) is 1. The Kier molecular flexibility index (Phi) is 7.57. The van der Waals surface area contributed by atoms with Crippen molar-refractivity contribution in [3.8, 4) is 11.5 Å². The molecule has 2 amide bonds. The molecule has 1 aromatic carbocycles. The lowest BCUT2D eigenvalue weighted by atomic mass is 9.93. The Morgan fingerprint density at radius 2 is 1.75 bits per heavy atom. The van der Waals surface area contributed by atoms with E-state index in [2.05, 4.69) is 5.32 Å². The second-order valence-corrected chi connectivity index (χ2v) is 7.69. The molecule has 1 atom stereocenters. The molecule has 1 saturated carbocycles. The molecular formula is C22H32N2O4. The maximum absolute atomic E-state index is 12.6. The van der Waals surface area contributed by atoms with Gasteiger partial charge in [-0.25, -0.2) is 0 Å². The number of nitrogens with zero attached hydrogens (tertiary/aromatic N) is 1. The maximum atomic E-state index is 12.6. The molecule has 1 heterocycles. The first-order valence-electron chi connectivity index (χ1n) is 10.6. The zero-order valence-electron chi connectivity index (χ0n) is 16.8. The van der Waals surface area contributed by atoms with Crippen LogP contribution in [0.2, 0.25) is 0 Å². The average molecular weight is 389 g/mol. The van der Waals surface area contributed by atoms with E-state index >= 15 is 0 Å². The SMILES string of the molecule is CCOc1ccccc1OCC(=O)N1CCCC(C(=O)NC2CCCCC2)C1. The summed E-state index contributed by atoms with van der Waals surface area (Å²) in [5.74, 6) is 1.12. The van der Waals surface area contributed by atoms with E-state index in [9.17, 15) is 9.59 Å². The fourth-order valence-electron chi connectivity index (χ4n) is 4.06. The van der Waals surface area contributed by atoms with Crippen LogP contribution >= 0.6 is 0 Å². The Morgan fingerprint density at radius 1 is 1.04 bits per heavy atom. The van der Waals surface area contributed by atoms with Gasteiger partial charge in [-0.05, 0) is 44.7 Å². The van der Waals surface area contributed by atoms with Gasteiger partial charge in [-0.1, -0.05) is 31.4 Å². The molecule has 3 rings (SSSR count). The molecule has 1 unspecified atom stereocenters. The molecule has 1 N–H and O–H groups in total. The quantitative estimate of drug-likeness (QED) is 0.779. The fourth-order valence-corrected chi connectivity index (χ4v) is 4.06. The summed E-state index contributed by atoms with van der Waals surface area (Å²) in [4.78, 5) is 27.0. The molecular weight excluding hydrogens is 356 g/mol. The number of para-hydroxylation sites is 2. The number of carbonyl (C=O) groups is 2. The predicted molar refractivity (Wildman–Crippen MR) is 107 cm³/mol. The van der Waals surface area contributed by atoms with Gasteiger partial charge in [0.2, 0.25) is 5.91 Å². The molecule has 0 aromatic heterocycles. The van der Waals surface area contributed by atoms with Crippen LogP contribution in [0.1, 0.15) is 51.9 Å². The Morgan fingerprint density at radius 3 is 2.46 bits per heavy atom. The lowest BCUT2D eigenvalue weighted by Gasteiger charge is -2.33. The van der Waals surface area contributed by atoms with Crippen LogP contribution in [0.3, 0.4) is 0 Å². The van der Waals surface area contributed by atoms with Gasteiger partial charge in [0, 0.05) is 19.1 Å². The number of likely N-dealkylation sites (tertiary alicyclic amines) is 1. The normalized spacial score (nSPS) is 20.5. The minimum absolute atomic E-state index is 0.0406. The van der Waals surface area contributed by atoms with E-state index in [0.29, 0.717) is 37.2 Å². The molecule has 28 heavy (non-hydrogen) atoms. The minimum atomic E-state index is -0.115. The number of benzene rings is 1. The van der Waals surface area contributed by atoms with E-state index in [-0.39, 0.29) is 24.3 Å². The van der Waals surface area contributed by atoms with Crippen LogP contribution in [0.5, 0.6) is 11.5 Å². The highest BCUT2D eigenvalue weighted by Gasteiger charge is 2.30. The van der Waals surface area contributed by atoms with E-state index in [1.54, 1.807) is 11.0 Å². The third kappa shape index (κ3) is 5.63. The fraction of sp³-hybridized carbons (Fsp3) is 0.636. The summed E-state index contributed by atoms with van der Waals surface area (Å²) in [5, 5.41) is 3.20. The Bertz CT molecular complexity index is 658. The number of nitrogens with one attached hydrogen (secondary N) is 1. The lowest BCUT2D eigenvalue weighted by molar-refractivity contribution is -0.137. The molecule has 0 spiro atoms. The lowest BCUT2D eigenvalue weighted by Crippen LogP contribution is -2.48. The van der Waals surface area contributed by atoms with E-state index in [1.165, 1.54) is 19.3 Å². The number of piperidine rings is 1. The summed E-state index contributed by atoms with van der Waals surface area (Å²) in [5.41, 5.74) is 0. The molecule has 6 nitrogen and oxygen atoms in total. The van der Waals surface area contributed by atoms with Crippen molar-refractivity contribution in [3.63, 3.8) is 0 Å². The van der Waals surface area contributed by atoms with Crippen LogP contribution < -0.4 is 14.8 Å². The van der Waals surface area contributed by atoms with Crippen molar-refractivity contribution < 1.29 is 19.1 Å². The predicted octanol–water partition coefficient (Wildman–Crippen LogP) is 3.15. The van der Waals surface area contributed by atoms with Gasteiger partial charge in [0.25, 0.3) is 5.91 Å². The van der Waals surface area contributed by atoms with E-state index in [0.717, 1.165) is 25.7 Å². The highest BCUT2D eigenvalue weighted by molar-refractivity contribution is 5.82. The smallest absolute Gasteiger partial charge is 0.260 e. The van der Waals surface area contributed by atoms with Crippen molar-refractivity contribution in [3.05, 3.63) is 24.3 Å². The van der Waals surface area contributed by atoms with Gasteiger partial charge in [-0.3, -0.25) is 9.59 Å². The van der Waals surface area contributed by atoms with Crippen molar-refractivity contribution in [2.24, 2.45) is 5.92 Å². The van der Waals surface area contributed by atoms with Gasteiger partial charge in [-0.15, -0.1) is 0 Å². The third-order valence-electron chi connectivity index (χ3n) is 5.60. The van der Waals surface area contributed by atoms with Crippen LogP contribution in [0.25, 0.3) is 0 Å². The van der Waals surface area contributed by atoms with Crippen LogP contribution in [0, 0.1) is 5.92 Å². The second-order valence-electron chi connectivity index (χ2n) is 7.69.